The maximum atomic E-state index is 13.1. The Morgan fingerprint density at radius 1 is 1.14 bits per heavy atom. The highest BCUT2D eigenvalue weighted by atomic mass is 19.4. The SMILES string of the molecule is Fc1cc(C(F)(F)F)cc2c1CNC2. The Kier molecular flexibility index (Phi) is 1.99. The molecule has 0 unspecified atom stereocenters. The van der Waals surface area contributed by atoms with Gasteiger partial charge >= 0.3 is 6.18 Å². The minimum atomic E-state index is -4.47. The lowest BCUT2D eigenvalue weighted by Crippen LogP contribution is -2.07. The van der Waals surface area contributed by atoms with Crippen LogP contribution >= 0.6 is 0 Å². The summed E-state index contributed by atoms with van der Waals surface area (Å²) in [7, 11) is 0. The molecule has 0 bridgehead atoms. The van der Waals surface area contributed by atoms with Crippen molar-refractivity contribution in [2.75, 3.05) is 0 Å². The average molecular weight is 205 g/mol. The molecule has 0 amide bonds. The largest absolute Gasteiger partial charge is 0.416 e. The van der Waals surface area contributed by atoms with E-state index in [1.165, 1.54) is 0 Å². The van der Waals surface area contributed by atoms with Gasteiger partial charge in [0, 0.05) is 18.7 Å². The van der Waals surface area contributed by atoms with E-state index in [4.69, 9.17) is 0 Å². The van der Waals surface area contributed by atoms with E-state index in [1.807, 2.05) is 0 Å². The van der Waals surface area contributed by atoms with Crippen LogP contribution in [0.15, 0.2) is 12.1 Å². The van der Waals surface area contributed by atoms with Crippen LogP contribution in [0.2, 0.25) is 0 Å². The molecule has 76 valence electrons. The molecule has 0 atom stereocenters. The third-order valence-electron chi connectivity index (χ3n) is 2.23. The first kappa shape index (κ1) is 9.45. The highest BCUT2D eigenvalue weighted by Crippen LogP contribution is 2.32. The quantitative estimate of drug-likeness (QED) is 0.641. The zero-order valence-corrected chi connectivity index (χ0v) is 7.08. The Hall–Kier alpha value is -1.10. The second kappa shape index (κ2) is 2.95. The van der Waals surface area contributed by atoms with Crippen LogP contribution in [0.4, 0.5) is 17.6 Å². The number of nitrogens with one attached hydrogen (secondary N) is 1. The third-order valence-corrected chi connectivity index (χ3v) is 2.23. The van der Waals surface area contributed by atoms with Gasteiger partial charge < -0.3 is 5.32 Å². The topological polar surface area (TPSA) is 12.0 Å². The molecular formula is C9H7F4N. The molecule has 0 fully saturated rings. The number of halogens is 4. The predicted octanol–water partition coefficient (Wildman–Crippen LogP) is 2.45. The van der Waals surface area contributed by atoms with E-state index in [2.05, 4.69) is 5.32 Å². The lowest BCUT2D eigenvalue weighted by Gasteiger charge is -2.09. The molecule has 1 heterocycles. The highest BCUT2D eigenvalue weighted by Gasteiger charge is 2.32. The highest BCUT2D eigenvalue weighted by molar-refractivity contribution is 5.37. The van der Waals surface area contributed by atoms with Crippen LogP contribution in [0, 0.1) is 5.82 Å². The number of alkyl halides is 3. The maximum Gasteiger partial charge on any atom is 0.416 e. The van der Waals surface area contributed by atoms with Crippen molar-refractivity contribution in [3.63, 3.8) is 0 Å². The van der Waals surface area contributed by atoms with Crippen LogP contribution < -0.4 is 5.32 Å². The van der Waals surface area contributed by atoms with E-state index in [-0.39, 0.29) is 0 Å². The monoisotopic (exact) mass is 205 g/mol. The van der Waals surface area contributed by atoms with Crippen LogP contribution in [0.5, 0.6) is 0 Å². The van der Waals surface area contributed by atoms with Crippen LogP contribution in [0.1, 0.15) is 16.7 Å². The number of hydrogen-bond donors (Lipinski definition) is 1. The van der Waals surface area contributed by atoms with Crippen LogP contribution in [0.3, 0.4) is 0 Å². The summed E-state index contributed by atoms with van der Waals surface area (Å²) < 4.78 is 49.9. The molecule has 0 saturated carbocycles. The van der Waals surface area contributed by atoms with Gasteiger partial charge in [0.15, 0.2) is 0 Å². The van der Waals surface area contributed by atoms with Gasteiger partial charge in [-0.15, -0.1) is 0 Å². The Bertz CT molecular complexity index is 370. The van der Waals surface area contributed by atoms with Crippen molar-refractivity contribution in [3.8, 4) is 0 Å². The van der Waals surface area contributed by atoms with E-state index in [0.29, 0.717) is 30.3 Å². The number of fused-ring (bicyclic) bond motifs is 1. The van der Waals surface area contributed by atoms with Crippen molar-refractivity contribution < 1.29 is 17.6 Å². The van der Waals surface area contributed by atoms with Crippen molar-refractivity contribution in [2.24, 2.45) is 0 Å². The van der Waals surface area contributed by atoms with Gasteiger partial charge in [0.1, 0.15) is 5.82 Å². The zero-order valence-electron chi connectivity index (χ0n) is 7.08. The van der Waals surface area contributed by atoms with Crippen molar-refractivity contribution in [1.29, 1.82) is 0 Å². The first-order valence-corrected chi connectivity index (χ1v) is 4.07. The van der Waals surface area contributed by atoms with Gasteiger partial charge in [-0.05, 0) is 17.7 Å². The zero-order chi connectivity index (χ0) is 10.3. The minimum absolute atomic E-state index is 0.302. The molecule has 1 N–H and O–H groups in total. The molecule has 5 heteroatoms. The minimum Gasteiger partial charge on any atom is -0.308 e. The fourth-order valence-electron chi connectivity index (χ4n) is 1.54. The standard InChI is InChI=1S/C9H7F4N/c10-8-2-6(9(11,12)13)1-5-3-14-4-7(5)8/h1-2,14H,3-4H2. The van der Waals surface area contributed by atoms with Crippen molar-refractivity contribution in [3.05, 3.63) is 34.6 Å². The second-order valence-electron chi connectivity index (χ2n) is 3.20. The van der Waals surface area contributed by atoms with Crippen molar-refractivity contribution in [1.82, 2.24) is 5.32 Å². The second-order valence-corrected chi connectivity index (χ2v) is 3.20. The van der Waals surface area contributed by atoms with Crippen molar-refractivity contribution >= 4 is 0 Å². The van der Waals surface area contributed by atoms with Gasteiger partial charge in [-0.2, -0.15) is 13.2 Å². The van der Waals surface area contributed by atoms with Crippen molar-refractivity contribution in [2.45, 2.75) is 19.3 Å². The Morgan fingerprint density at radius 3 is 2.50 bits per heavy atom. The summed E-state index contributed by atoms with van der Waals surface area (Å²) in [6.07, 6.45) is -4.47. The van der Waals surface area contributed by atoms with Gasteiger partial charge in [0.25, 0.3) is 0 Å². The fourth-order valence-corrected chi connectivity index (χ4v) is 1.54. The molecule has 0 saturated heterocycles. The van der Waals surface area contributed by atoms with Crippen LogP contribution in [-0.4, -0.2) is 0 Å². The number of rotatable bonds is 0. The first-order chi connectivity index (χ1) is 6.48. The van der Waals surface area contributed by atoms with E-state index in [9.17, 15) is 17.6 Å². The number of benzene rings is 1. The lowest BCUT2D eigenvalue weighted by atomic mass is 10.1. The molecule has 1 aromatic carbocycles. The molecule has 14 heavy (non-hydrogen) atoms. The van der Waals surface area contributed by atoms with E-state index >= 15 is 0 Å². The number of hydrogen-bond acceptors (Lipinski definition) is 1. The average Bonchev–Trinajstić information content (AvgIpc) is 2.50. The predicted molar refractivity (Wildman–Crippen MR) is 41.9 cm³/mol. The van der Waals surface area contributed by atoms with Gasteiger partial charge in [-0.25, -0.2) is 4.39 Å². The van der Waals surface area contributed by atoms with E-state index in [0.717, 1.165) is 6.07 Å². The summed E-state index contributed by atoms with van der Waals surface area (Å²) in [6.45, 7) is 0.607. The molecule has 0 spiro atoms. The molecule has 1 nitrogen and oxygen atoms in total. The van der Waals surface area contributed by atoms with E-state index < -0.39 is 17.6 Å². The fraction of sp³-hybridized carbons (Fsp3) is 0.333. The molecular weight excluding hydrogens is 198 g/mol. The Labute approximate surface area is 77.7 Å². The summed E-state index contributed by atoms with van der Waals surface area (Å²) >= 11 is 0. The van der Waals surface area contributed by atoms with Gasteiger partial charge in [-0.3, -0.25) is 0 Å². The van der Waals surface area contributed by atoms with E-state index in [1.54, 1.807) is 0 Å². The Balaban J connectivity index is 2.52. The first-order valence-electron chi connectivity index (χ1n) is 4.07. The smallest absolute Gasteiger partial charge is 0.308 e. The van der Waals surface area contributed by atoms with Gasteiger partial charge in [0.05, 0.1) is 5.56 Å². The summed E-state index contributed by atoms with van der Waals surface area (Å²) in [5.41, 5.74) is -0.173. The van der Waals surface area contributed by atoms with Gasteiger partial charge in [0.2, 0.25) is 0 Å². The molecule has 1 aliphatic rings. The van der Waals surface area contributed by atoms with Crippen LogP contribution in [0.25, 0.3) is 0 Å². The Morgan fingerprint density at radius 2 is 1.86 bits per heavy atom. The summed E-state index contributed by atoms with van der Waals surface area (Å²) in [6, 6.07) is 1.55. The summed E-state index contributed by atoms with van der Waals surface area (Å²) in [4.78, 5) is 0. The molecule has 0 aromatic heterocycles. The summed E-state index contributed by atoms with van der Waals surface area (Å²) in [5, 5.41) is 2.80. The molecule has 0 aliphatic carbocycles. The van der Waals surface area contributed by atoms with Gasteiger partial charge in [-0.1, -0.05) is 0 Å². The van der Waals surface area contributed by atoms with Crippen LogP contribution in [-0.2, 0) is 19.3 Å². The molecule has 0 radical (unpaired) electrons. The molecule has 1 aromatic rings. The third kappa shape index (κ3) is 1.48. The molecule has 2 rings (SSSR count). The maximum absolute atomic E-state index is 13.1. The lowest BCUT2D eigenvalue weighted by molar-refractivity contribution is -0.137. The summed E-state index contributed by atoms with van der Waals surface area (Å²) in [5.74, 6) is -0.778. The normalized spacial score (nSPS) is 15.7. The molecule has 1 aliphatic heterocycles.